The van der Waals surface area contributed by atoms with Crippen molar-refractivity contribution < 1.29 is 14.4 Å². The first-order chi connectivity index (χ1) is 12.9. The van der Waals surface area contributed by atoms with E-state index < -0.39 is 0 Å². The number of anilines is 1. The molecular weight excluding hydrogens is 362 g/mol. The SMILES string of the molecule is CC(=O)Nc1ccc(/C(C)=N/OCC(=O)NC(c2cccs2)C(C)C)cc1. The number of hydrogen-bond donors (Lipinski definition) is 2. The normalized spacial score (nSPS) is 12.6. The number of nitrogens with zero attached hydrogens (tertiary/aromatic N) is 1. The van der Waals surface area contributed by atoms with Crippen molar-refractivity contribution in [3.05, 3.63) is 52.2 Å². The summed E-state index contributed by atoms with van der Waals surface area (Å²) < 4.78 is 0. The molecule has 0 bridgehead atoms. The van der Waals surface area contributed by atoms with E-state index in [1.807, 2.05) is 29.6 Å². The Bertz CT molecular complexity index is 783. The maximum Gasteiger partial charge on any atom is 0.261 e. The molecule has 0 radical (unpaired) electrons. The fourth-order valence-corrected chi connectivity index (χ4v) is 3.44. The van der Waals surface area contributed by atoms with Gasteiger partial charge in [-0.2, -0.15) is 0 Å². The fourth-order valence-electron chi connectivity index (χ4n) is 2.49. The monoisotopic (exact) mass is 387 g/mol. The maximum atomic E-state index is 12.2. The van der Waals surface area contributed by atoms with Gasteiger partial charge in [-0.1, -0.05) is 37.2 Å². The molecule has 0 fully saturated rings. The quantitative estimate of drug-likeness (QED) is 0.531. The lowest BCUT2D eigenvalue weighted by Gasteiger charge is -2.20. The highest BCUT2D eigenvalue weighted by Crippen LogP contribution is 2.25. The van der Waals surface area contributed by atoms with Gasteiger partial charge in [-0.05, 0) is 42.0 Å². The zero-order valence-corrected chi connectivity index (χ0v) is 16.8. The van der Waals surface area contributed by atoms with Gasteiger partial charge in [0.1, 0.15) is 0 Å². The van der Waals surface area contributed by atoms with E-state index in [1.54, 1.807) is 30.4 Å². The summed E-state index contributed by atoms with van der Waals surface area (Å²) in [6.07, 6.45) is 0. The Kier molecular flexibility index (Phi) is 7.55. The van der Waals surface area contributed by atoms with Crippen molar-refractivity contribution in [2.75, 3.05) is 11.9 Å². The zero-order valence-electron chi connectivity index (χ0n) is 16.0. The van der Waals surface area contributed by atoms with E-state index in [0.29, 0.717) is 11.4 Å². The number of oxime groups is 1. The second kappa shape index (κ2) is 9.87. The molecule has 2 aromatic rings. The van der Waals surface area contributed by atoms with Crippen LogP contribution in [0.2, 0.25) is 0 Å². The van der Waals surface area contributed by atoms with Crippen LogP contribution in [0.25, 0.3) is 0 Å². The average Bonchev–Trinajstić information content (AvgIpc) is 3.13. The smallest absolute Gasteiger partial charge is 0.261 e. The highest BCUT2D eigenvalue weighted by atomic mass is 32.1. The molecule has 27 heavy (non-hydrogen) atoms. The number of benzene rings is 1. The predicted octanol–water partition coefficient (Wildman–Crippen LogP) is 3.96. The van der Waals surface area contributed by atoms with Crippen LogP contribution in [-0.2, 0) is 14.4 Å². The van der Waals surface area contributed by atoms with Crippen LogP contribution in [0.3, 0.4) is 0 Å². The largest absolute Gasteiger partial charge is 0.385 e. The molecule has 2 rings (SSSR count). The first kappa shape index (κ1) is 20.6. The van der Waals surface area contributed by atoms with E-state index in [9.17, 15) is 9.59 Å². The standard InChI is InChI=1S/C20H25N3O3S/c1-13(2)20(18-6-5-11-27-18)22-19(25)12-26-23-14(3)16-7-9-17(10-8-16)21-15(4)24/h5-11,13,20H,12H2,1-4H3,(H,21,24)(H,22,25)/b23-14+. The first-order valence-electron chi connectivity index (χ1n) is 8.74. The average molecular weight is 388 g/mol. The van der Waals surface area contributed by atoms with Crippen LogP contribution in [-0.4, -0.2) is 24.1 Å². The summed E-state index contributed by atoms with van der Waals surface area (Å²) in [6, 6.07) is 11.2. The van der Waals surface area contributed by atoms with Crippen molar-refractivity contribution in [3.63, 3.8) is 0 Å². The molecule has 2 N–H and O–H groups in total. The number of nitrogens with one attached hydrogen (secondary N) is 2. The molecule has 0 saturated carbocycles. The van der Waals surface area contributed by atoms with Gasteiger partial charge in [0.2, 0.25) is 5.91 Å². The number of thiophene rings is 1. The third kappa shape index (κ3) is 6.53. The van der Waals surface area contributed by atoms with Crippen molar-refractivity contribution >= 4 is 34.6 Å². The Morgan fingerprint density at radius 1 is 1.15 bits per heavy atom. The summed E-state index contributed by atoms with van der Waals surface area (Å²) in [7, 11) is 0. The summed E-state index contributed by atoms with van der Waals surface area (Å²) in [4.78, 5) is 29.6. The van der Waals surface area contributed by atoms with Crippen LogP contribution < -0.4 is 10.6 Å². The van der Waals surface area contributed by atoms with Crippen molar-refractivity contribution in [3.8, 4) is 0 Å². The van der Waals surface area contributed by atoms with Gasteiger partial charge in [0, 0.05) is 17.5 Å². The van der Waals surface area contributed by atoms with E-state index >= 15 is 0 Å². The van der Waals surface area contributed by atoms with Crippen LogP contribution in [0.15, 0.2) is 46.9 Å². The molecule has 144 valence electrons. The Balaban J connectivity index is 1.88. The molecule has 0 aliphatic heterocycles. The van der Waals surface area contributed by atoms with E-state index in [4.69, 9.17) is 4.84 Å². The number of hydrogen-bond acceptors (Lipinski definition) is 5. The highest BCUT2D eigenvalue weighted by Gasteiger charge is 2.19. The minimum atomic E-state index is -0.209. The molecule has 7 heteroatoms. The molecule has 0 aliphatic rings. The van der Waals surface area contributed by atoms with E-state index in [0.717, 1.165) is 10.4 Å². The topological polar surface area (TPSA) is 79.8 Å². The summed E-state index contributed by atoms with van der Waals surface area (Å²) in [5.41, 5.74) is 2.21. The van der Waals surface area contributed by atoms with Gasteiger partial charge in [-0.15, -0.1) is 11.3 Å². The molecule has 6 nitrogen and oxygen atoms in total. The third-order valence-electron chi connectivity index (χ3n) is 3.85. The molecule has 1 atom stereocenters. The molecular formula is C20H25N3O3S. The number of carbonyl (C=O) groups excluding carboxylic acids is 2. The van der Waals surface area contributed by atoms with Crippen molar-refractivity contribution in [1.82, 2.24) is 5.32 Å². The second-order valence-corrected chi connectivity index (χ2v) is 7.49. The van der Waals surface area contributed by atoms with Crippen molar-refractivity contribution in [1.29, 1.82) is 0 Å². The minimum absolute atomic E-state index is 0.0347. The van der Waals surface area contributed by atoms with Crippen LogP contribution in [0.5, 0.6) is 0 Å². The maximum absolute atomic E-state index is 12.2. The Morgan fingerprint density at radius 2 is 1.85 bits per heavy atom. The van der Waals surface area contributed by atoms with Gasteiger partial charge in [0.15, 0.2) is 6.61 Å². The number of amides is 2. The van der Waals surface area contributed by atoms with E-state index in [1.165, 1.54) is 6.92 Å². The molecule has 2 amide bonds. The summed E-state index contributed by atoms with van der Waals surface area (Å²) in [5, 5.41) is 11.7. The third-order valence-corrected chi connectivity index (χ3v) is 4.81. The number of carbonyl (C=O) groups is 2. The van der Waals surface area contributed by atoms with Gasteiger partial charge >= 0.3 is 0 Å². The lowest BCUT2D eigenvalue weighted by atomic mass is 10.0. The molecule has 1 aromatic heterocycles. The van der Waals surface area contributed by atoms with Crippen LogP contribution in [0.4, 0.5) is 5.69 Å². The first-order valence-corrected chi connectivity index (χ1v) is 9.62. The van der Waals surface area contributed by atoms with E-state index in [-0.39, 0.29) is 30.4 Å². The van der Waals surface area contributed by atoms with Gasteiger partial charge in [-0.25, -0.2) is 0 Å². The van der Waals surface area contributed by atoms with Crippen LogP contribution in [0, 0.1) is 5.92 Å². The van der Waals surface area contributed by atoms with Crippen LogP contribution >= 0.6 is 11.3 Å². The fraction of sp³-hybridized carbons (Fsp3) is 0.350. The van der Waals surface area contributed by atoms with Gasteiger partial charge < -0.3 is 15.5 Å². The molecule has 1 unspecified atom stereocenters. The summed E-state index contributed by atoms with van der Waals surface area (Å²) in [6.45, 7) is 7.25. The lowest BCUT2D eigenvalue weighted by Crippen LogP contribution is -2.33. The van der Waals surface area contributed by atoms with Crippen LogP contribution in [0.1, 0.15) is 44.2 Å². The van der Waals surface area contributed by atoms with Crippen molar-refractivity contribution in [2.24, 2.45) is 11.1 Å². The van der Waals surface area contributed by atoms with Gasteiger partial charge in [0.25, 0.3) is 5.91 Å². The number of rotatable bonds is 8. The highest BCUT2D eigenvalue weighted by molar-refractivity contribution is 7.10. The van der Waals surface area contributed by atoms with Gasteiger partial charge in [0.05, 0.1) is 11.8 Å². The summed E-state index contributed by atoms with van der Waals surface area (Å²) in [5.74, 6) is -0.0515. The lowest BCUT2D eigenvalue weighted by molar-refractivity contribution is -0.126. The second-order valence-electron chi connectivity index (χ2n) is 6.51. The summed E-state index contributed by atoms with van der Waals surface area (Å²) >= 11 is 1.62. The Hall–Kier alpha value is -2.67. The molecule has 0 saturated heterocycles. The Morgan fingerprint density at radius 3 is 2.41 bits per heavy atom. The predicted molar refractivity (Wildman–Crippen MR) is 109 cm³/mol. The molecule has 0 spiro atoms. The Labute approximate surface area is 163 Å². The molecule has 1 aromatic carbocycles. The molecule has 0 aliphatic carbocycles. The zero-order chi connectivity index (χ0) is 19.8. The molecule has 1 heterocycles. The van der Waals surface area contributed by atoms with E-state index in [2.05, 4.69) is 29.6 Å². The van der Waals surface area contributed by atoms with Gasteiger partial charge in [-0.3, -0.25) is 9.59 Å². The minimum Gasteiger partial charge on any atom is -0.385 e. The van der Waals surface area contributed by atoms with Crippen molar-refractivity contribution in [2.45, 2.75) is 33.7 Å².